The van der Waals surface area contributed by atoms with Crippen molar-refractivity contribution in [1.29, 1.82) is 0 Å². The van der Waals surface area contributed by atoms with E-state index in [2.05, 4.69) is 4.98 Å². The number of benzene rings is 1. The largest absolute Gasteiger partial charge is 0.360 e. The lowest BCUT2D eigenvalue weighted by Gasteiger charge is -2.06. The standard InChI is InChI=1S/C13H13Cl2NO/c1-3-7(2)13(17)9-6-16-11-5-8(14)4-10(15)12(9)11/h4-7,16H,3H2,1-2H3. The summed E-state index contributed by atoms with van der Waals surface area (Å²) >= 11 is 12.1. The van der Waals surface area contributed by atoms with Crippen molar-refractivity contribution in [1.82, 2.24) is 4.98 Å². The van der Waals surface area contributed by atoms with E-state index in [0.717, 1.165) is 17.3 Å². The number of rotatable bonds is 3. The molecule has 90 valence electrons. The second-order valence-electron chi connectivity index (χ2n) is 4.19. The summed E-state index contributed by atoms with van der Waals surface area (Å²) < 4.78 is 0. The van der Waals surface area contributed by atoms with Crippen LogP contribution in [0.25, 0.3) is 10.9 Å². The van der Waals surface area contributed by atoms with Crippen molar-refractivity contribution in [3.8, 4) is 0 Å². The maximum atomic E-state index is 12.2. The van der Waals surface area contributed by atoms with Crippen LogP contribution in [0.15, 0.2) is 18.3 Å². The lowest BCUT2D eigenvalue weighted by Crippen LogP contribution is -2.09. The van der Waals surface area contributed by atoms with Gasteiger partial charge < -0.3 is 4.98 Å². The molecule has 17 heavy (non-hydrogen) atoms. The number of fused-ring (bicyclic) bond motifs is 1. The van der Waals surface area contributed by atoms with E-state index in [1.807, 2.05) is 13.8 Å². The van der Waals surface area contributed by atoms with Gasteiger partial charge in [0.2, 0.25) is 0 Å². The molecule has 1 aromatic heterocycles. The highest BCUT2D eigenvalue weighted by Crippen LogP contribution is 2.31. The quantitative estimate of drug-likeness (QED) is 0.805. The number of Topliss-reactive ketones (excluding diaryl/α,β-unsaturated/α-hetero) is 1. The molecule has 0 saturated carbocycles. The van der Waals surface area contributed by atoms with Crippen LogP contribution in [0.2, 0.25) is 10.0 Å². The fourth-order valence-electron chi connectivity index (χ4n) is 1.83. The molecule has 0 saturated heterocycles. The zero-order valence-electron chi connectivity index (χ0n) is 9.68. The average Bonchev–Trinajstić information content (AvgIpc) is 2.70. The second kappa shape index (κ2) is 4.71. The minimum absolute atomic E-state index is 0.000690. The monoisotopic (exact) mass is 269 g/mol. The number of ketones is 1. The van der Waals surface area contributed by atoms with Gasteiger partial charge in [-0.3, -0.25) is 4.79 Å². The summed E-state index contributed by atoms with van der Waals surface area (Å²) in [4.78, 5) is 15.2. The van der Waals surface area contributed by atoms with Gasteiger partial charge in [-0.25, -0.2) is 0 Å². The summed E-state index contributed by atoms with van der Waals surface area (Å²) in [6, 6.07) is 3.43. The number of nitrogens with one attached hydrogen (secondary N) is 1. The number of hydrogen-bond donors (Lipinski definition) is 1. The van der Waals surface area contributed by atoms with Crippen LogP contribution in [-0.4, -0.2) is 10.8 Å². The highest BCUT2D eigenvalue weighted by atomic mass is 35.5. The molecule has 1 atom stereocenters. The van der Waals surface area contributed by atoms with Gasteiger partial charge in [0.1, 0.15) is 0 Å². The Balaban J connectivity index is 2.60. The van der Waals surface area contributed by atoms with E-state index in [1.165, 1.54) is 0 Å². The van der Waals surface area contributed by atoms with Crippen LogP contribution >= 0.6 is 23.2 Å². The Morgan fingerprint density at radius 3 is 2.76 bits per heavy atom. The van der Waals surface area contributed by atoms with E-state index >= 15 is 0 Å². The first-order valence-corrected chi connectivity index (χ1v) is 6.30. The van der Waals surface area contributed by atoms with Crippen molar-refractivity contribution < 1.29 is 4.79 Å². The smallest absolute Gasteiger partial charge is 0.167 e. The van der Waals surface area contributed by atoms with Gasteiger partial charge in [0, 0.05) is 33.6 Å². The molecule has 1 N–H and O–H groups in total. The molecular formula is C13H13Cl2NO. The van der Waals surface area contributed by atoms with Crippen molar-refractivity contribution in [2.75, 3.05) is 0 Å². The number of H-pyrrole nitrogens is 1. The van der Waals surface area contributed by atoms with Crippen molar-refractivity contribution in [3.63, 3.8) is 0 Å². The van der Waals surface area contributed by atoms with Crippen LogP contribution in [0, 0.1) is 5.92 Å². The fraction of sp³-hybridized carbons (Fsp3) is 0.308. The third kappa shape index (κ3) is 2.20. The van der Waals surface area contributed by atoms with Crippen LogP contribution in [-0.2, 0) is 0 Å². The molecule has 0 radical (unpaired) electrons. The first kappa shape index (κ1) is 12.5. The zero-order valence-corrected chi connectivity index (χ0v) is 11.2. The van der Waals surface area contributed by atoms with Gasteiger partial charge in [-0.1, -0.05) is 37.0 Å². The van der Waals surface area contributed by atoms with Gasteiger partial charge in [-0.05, 0) is 18.6 Å². The van der Waals surface area contributed by atoms with Crippen LogP contribution in [0.5, 0.6) is 0 Å². The summed E-state index contributed by atoms with van der Waals surface area (Å²) in [5.74, 6) is 0.115. The molecular weight excluding hydrogens is 257 g/mol. The Morgan fingerprint density at radius 1 is 1.41 bits per heavy atom. The van der Waals surface area contributed by atoms with Crippen molar-refractivity contribution in [2.24, 2.45) is 5.92 Å². The zero-order chi connectivity index (χ0) is 12.6. The molecule has 0 aliphatic carbocycles. The van der Waals surface area contributed by atoms with E-state index < -0.39 is 0 Å². The Morgan fingerprint density at radius 2 is 2.12 bits per heavy atom. The molecule has 2 rings (SSSR count). The van der Waals surface area contributed by atoms with Crippen molar-refractivity contribution in [3.05, 3.63) is 33.9 Å². The summed E-state index contributed by atoms with van der Waals surface area (Å²) in [6.07, 6.45) is 2.53. The van der Waals surface area contributed by atoms with Crippen molar-refractivity contribution >= 4 is 39.9 Å². The first-order valence-electron chi connectivity index (χ1n) is 5.55. The maximum absolute atomic E-state index is 12.2. The summed E-state index contributed by atoms with van der Waals surface area (Å²) in [5, 5.41) is 1.84. The van der Waals surface area contributed by atoms with Crippen molar-refractivity contribution in [2.45, 2.75) is 20.3 Å². The Kier molecular flexibility index (Phi) is 3.45. The minimum atomic E-state index is 0.000690. The van der Waals surface area contributed by atoms with Crippen LogP contribution in [0.3, 0.4) is 0 Å². The number of aromatic nitrogens is 1. The van der Waals surface area contributed by atoms with Gasteiger partial charge in [-0.2, -0.15) is 0 Å². The van der Waals surface area contributed by atoms with Gasteiger partial charge >= 0.3 is 0 Å². The molecule has 4 heteroatoms. The number of halogens is 2. The van der Waals surface area contributed by atoms with Crippen LogP contribution < -0.4 is 0 Å². The van der Waals surface area contributed by atoms with Crippen LogP contribution in [0.4, 0.5) is 0 Å². The fourth-order valence-corrected chi connectivity index (χ4v) is 2.42. The molecule has 0 amide bonds. The summed E-state index contributed by atoms with van der Waals surface area (Å²) in [5.41, 5.74) is 1.45. The van der Waals surface area contributed by atoms with E-state index in [4.69, 9.17) is 23.2 Å². The molecule has 0 aliphatic heterocycles. The lowest BCUT2D eigenvalue weighted by molar-refractivity contribution is 0.0929. The molecule has 2 aromatic rings. The van der Waals surface area contributed by atoms with E-state index in [1.54, 1.807) is 18.3 Å². The molecule has 0 spiro atoms. The van der Waals surface area contributed by atoms with Gasteiger partial charge in [0.05, 0.1) is 5.02 Å². The number of carbonyl (C=O) groups is 1. The van der Waals surface area contributed by atoms with Gasteiger partial charge in [0.25, 0.3) is 0 Å². The van der Waals surface area contributed by atoms with E-state index in [0.29, 0.717) is 15.6 Å². The summed E-state index contributed by atoms with van der Waals surface area (Å²) in [6.45, 7) is 3.92. The topological polar surface area (TPSA) is 32.9 Å². The summed E-state index contributed by atoms with van der Waals surface area (Å²) in [7, 11) is 0. The Labute approximate surface area is 110 Å². The predicted molar refractivity (Wildman–Crippen MR) is 72.1 cm³/mol. The highest BCUT2D eigenvalue weighted by Gasteiger charge is 2.19. The SMILES string of the molecule is CCC(C)C(=O)c1c[nH]c2cc(Cl)cc(Cl)c12. The number of aromatic amines is 1. The molecule has 0 fully saturated rings. The minimum Gasteiger partial charge on any atom is -0.360 e. The van der Waals surface area contributed by atoms with E-state index in [9.17, 15) is 4.79 Å². The second-order valence-corrected chi connectivity index (χ2v) is 5.03. The molecule has 0 aliphatic rings. The lowest BCUT2D eigenvalue weighted by atomic mass is 9.97. The molecule has 0 bridgehead atoms. The Bertz CT molecular complexity index is 574. The Hall–Kier alpha value is -0.990. The first-order chi connectivity index (χ1) is 8.04. The average molecular weight is 270 g/mol. The molecule has 1 aromatic carbocycles. The number of carbonyl (C=O) groups excluding carboxylic acids is 1. The third-order valence-corrected chi connectivity index (χ3v) is 3.54. The highest BCUT2D eigenvalue weighted by molar-refractivity contribution is 6.39. The van der Waals surface area contributed by atoms with Crippen LogP contribution in [0.1, 0.15) is 30.6 Å². The molecule has 1 unspecified atom stereocenters. The maximum Gasteiger partial charge on any atom is 0.167 e. The van der Waals surface area contributed by atoms with Gasteiger partial charge in [0.15, 0.2) is 5.78 Å². The predicted octanol–water partition coefficient (Wildman–Crippen LogP) is 4.70. The third-order valence-electron chi connectivity index (χ3n) is 3.02. The molecule has 1 heterocycles. The molecule has 2 nitrogen and oxygen atoms in total. The van der Waals surface area contributed by atoms with E-state index in [-0.39, 0.29) is 11.7 Å². The van der Waals surface area contributed by atoms with Gasteiger partial charge in [-0.15, -0.1) is 0 Å². The normalized spacial score (nSPS) is 12.9. The number of hydrogen-bond acceptors (Lipinski definition) is 1.